The van der Waals surface area contributed by atoms with Crippen LogP contribution in [0.1, 0.15) is 21.5 Å². The summed E-state index contributed by atoms with van der Waals surface area (Å²) in [4.78, 5) is 14.1. The van der Waals surface area contributed by atoms with Crippen molar-refractivity contribution in [2.24, 2.45) is 5.73 Å². The van der Waals surface area contributed by atoms with Crippen LogP contribution in [0.25, 0.3) is 0 Å². The molecular weight excluding hydrogens is 238 g/mol. The molecule has 19 heavy (non-hydrogen) atoms. The van der Waals surface area contributed by atoms with Crippen molar-refractivity contribution >= 4 is 5.91 Å². The summed E-state index contributed by atoms with van der Waals surface area (Å²) in [5.74, 6) is 5.73. The third-order valence-electron chi connectivity index (χ3n) is 2.75. The lowest BCUT2D eigenvalue weighted by atomic mass is 10.0. The summed E-state index contributed by atoms with van der Waals surface area (Å²) in [7, 11) is 3.95. The number of nitrogens with two attached hydrogens (primary N) is 1. The third kappa shape index (κ3) is 4.74. The Morgan fingerprint density at radius 3 is 2.79 bits per heavy atom. The van der Waals surface area contributed by atoms with Crippen molar-refractivity contribution in [3.63, 3.8) is 0 Å². The first-order valence-corrected chi connectivity index (χ1v) is 6.27. The topological polar surface area (TPSA) is 58.4 Å². The Balaban J connectivity index is 2.80. The lowest BCUT2D eigenvalue weighted by Gasteiger charge is -2.12. The van der Waals surface area contributed by atoms with E-state index in [0.717, 1.165) is 17.7 Å². The van der Waals surface area contributed by atoms with E-state index in [-0.39, 0.29) is 5.91 Å². The van der Waals surface area contributed by atoms with Crippen molar-refractivity contribution in [2.75, 3.05) is 33.7 Å². The Kier molecular flexibility index (Phi) is 6.07. The summed E-state index contributed by atoms with van der Waals surface area (Å²) in [6, 6.07) is 5.55. The molecule has 0 unspecified atom stereocenters. The zero-order chi connectivity index (χ0) is 14.3. The molecule has 0 aliphatic heterocycles. The number of rotatable bonds is 4. The Morgan fingerprint density at radius 2 is 2.16 bits per heavy atom. The van der Waals surface area contributed by atoms with Gasteiger partial charge in [0.05, 0.1) is 6.54 Å². The number of hydrogen-bond donors (Lipinski definition) is 2. The van der Waals surface area contributed by atoms with Gasteiger partial charge in [0, 0.05) is 24.2 Å². The molecule has 0 spiro atoms. The fourth-order valence-corrected chi connectivity index (χ4v) is 1.65. The second-order valence-electron chi connectivity index (χ2n) is 4.54. The second-order valence-corrected chi connectivity index (χ2v) is 4.54. The van der Waals surface area contributed by atoms with Crippen molar-refractivity contribution < 1.29 is 4.79 Å². The van der Waals surface area contributed by atoms with Crippen molar-refractivity contribution in [3.8, 4) is 11.8 Å². The number of hydrogen-bond acceptors (Lipinski definition) is 3. The SMILES string of the molecule is Cc1c(C#CCN)cccc1C(=O)NCCN(C)C. The maximum atomic E-state index is 12.1. The van der Waals surface area contributed by atoms with Crippen LogP contribution in [0.15, 0.2) is 18.2 Å². The molecule has 1 amide bonds. The average molecular weight is 259 g/mol. The molecule has 0 saturated carbocycles. The molecule has 3 N–H and O–H groups in total. The minimum Gasteiger partial charge on any atom is -0.351 e. The van der Waals surface area contributed by atoms with Gasteiger partial charge in [0.25, 0.3) is 5.91 Å². The molecule has 0 aliphatic carbocycles. The third-order valence-corrected chi connectivity index (χ3v) is 2.75. The molecule has 0 fully saturated rings. The highest BCUT2D eigenvalue weighted by Crippen LogP contribution is 2.12. The predicted molar refractivity (Wildman–Crippen MR) is 78.0 cm³/mol. The van der Waals surface area contributed by atoms with E-state index in [2.05, 4.69) is 17.2 Å². The number of benzene rings is 1. The van der Waals surface area contributed by atoms with E-state index in [9.17, 15) is 4.79 Å². The van der Waals surface area contributed by atoms with Gasteiger partial charge in [0.2, 0.25) is 0 Å². The number of nitrogens with one attached hydrogen (secondary N) is 1. The molecule has 4 nitrogen and oxygen atoms in total. The van der Waals surface area contributed by atoms with Crippen LogP contribution in [0, 0.1) is 18.8 Å². The molecular formula is C15H21N3O. The van der Waals surface area contributed by atoms with Crippen LogP contribution in [0.5, 0.6) is 0 Å². The Labute approximate surface area is 115 Å². The molecule has 0 saturated heterocycles. The smallest absolute Gasteiger partial charge is 0.251 e. The number of carbonyl (C=O) groups excluding carboxylic acids is 1. The zero-order valence-corrected chi connectivity index (χ0v) is 11.8. The molecule has 0 bridgehead atoms. The van der Waals surface area contributed by atoms with Crippen molar-refractivity contribution in [2.45, 2.75) is 6.92 Å². The number of carbonyl (C=O) groups is 1. The second kappa shape index (κ2) is 7.57. The average Bonchev–Trinajstić information content (AvgIpc) is 2.37. The van der Waals surface area contributed by atoms with Gasteiger partial charge in [-0.25, -0.2) is 0 Å². The van der Waals surface area contributed by atoms with Gasteiger partial charge < -0.3 is 16.0 Å². The zero-order valence-electron chi connectivity index (χ0n) is 11.8. The molecule has 1 aromatic rings. The molecule has 1 rings (SSSR count). The molecule has 0 heterocycles. The quantitative estimate of drug-likeness (QED) is 0.778. The predicted octanol–water partition coefficient (Wildman–Crippen LogP) is 0.597. The summed E-state index contributed by atoms with van der Waals surface area (Å²) in [5, 5.41) is 2.90. The highest BCUT2D eigenvalue weighted by atomic mass is 16.1. The maximum absolute atomic E-state index is 12.1. The lowest BCUT2D eigenvalue weighted by molar-refractivity contribution is 0.0950. The maximum Gasteiger partial charge on any atom is 0.251 e. The lowest BCUT2D eigenvalue weighted by Crippen LogP contribution is -2.31. The number of likely N-dealkylation sites (N-methyl/N-ethyl adjacent to an activating group) is 1. The van der Waals surface area contributed by atoms with Crippen LogP contribution in [0.4, 0.5) is 0 Å². The van der Waals surface area contributed by atoms with Crippen LogP contribution in [0.3, 0.4) is 0 Å². The molecule has 4 heteroatoms. The minimum absolute atomic E-state index is 0.0595. The first-order chi connectivity index (χ1) is 9.06. The van der Waals surface area contributed by atoms with Gasteiger partial charge in [-0.2, -0.15) is 0 Å². The first-order valence-electron chi connectivity index (χ1n) is 6.27. The number of amides is 1. The molecule has 102 valence electrons. The monoisotopic (exact) mass is 259 g/mol. The molecule has 0 atom stereocenters. The van der Waals surface area contributed by atoms with Gasteiger partial charge >= 0.3 is 0 Å². The standard InChI is InChI=1S/C15H21N3O/c1-12-13(7-5-9-16)6-4-8-14(12)15(19)17-10-11-18(2)3/h4,6,8H,9-11,16H2,1-3H3,(H,17,19). The fourth-order valence-electron chi connectivity index (χ4n) is 1.65. The Morgan fingerprint density at radius 1 is 1.42 bits per heavy atom. The molecule has 0 aliphatic rings. The summed E-state index contributed by atoms with van der Waals surface area (Å²) in [6.45, 7) is 3.67. The van der Waals surface area contributed by atoms with Crippen molar-refractivity contribution in [3.05, 3.63) is 34.9 Å². The Hall–Kier alpha value is -1.83. The van der Waals surface area contributed by atoms with E-state index in [1.54, 1.807) is 0 Å². The van der Waals surface area contributed by atoms with Gasteiger partial charge in [-0.1, -0.05) is 17.9 Å². The van der Waals surface area contributed by atoms with Crippen molar-refractivity contribution in [1.29, 1.82) is 0 Å². The molecule has 0 radical (unpaired) electrons. The Bertz CT molecular complexity index is 498. The highest BCUT2D eigenvalue weighted by molar-refractivity contribution is 5.96. The molecule has 1 aromatic carbocycles. The van der Waals surface area contributed by atoms with Gasteiger partial charge in [0.15, 0.2) is 0 Å². The van der Waals surface area contributed by atoms with E-state index < -0.39 is 0 Å². The van der Waals surface area contributed by atoms with Gasteiger partial charge in [-0.15, -0.1) is 0 Å². The fraction of sp³-hybridized carbons (Fsp3) is 0.400. The van der Waals surface area contributed by atoms with Gasteiger partial charge in [0.1, 0.15) is 0 Å². The van der Waals surface area contributed by atoms with Crippen LogP contribution in [0.2, 0.25) is 0 Å². The summed E-state index contributed by atoms with van der Waals surface area (Å²) in [6.07, 6.45) is 0. The van der Waals surface area contributed by atoms with Crippen LogP contribution < -0.4 is 11.1 Å². The van der Waals surface area contributed by atoms with E-state index in [4.69, 9.17) is 5.73 Å². The van der Waals surface area contributed by atoms with Crippen LogP contribution >= 0.6 is 0 Å². The van der Waals surface area contributed by atoms with E-state index in [1.807, 2.05) is 44.1 Å². The van der Waals surface area contributed by atoms with E-state index >= 15 is 0 Å². The summed E-state index contributed by atoms with van der Waals surface area (Å²) >= 11 is 0. The highest BCUT2D eigenvalue weighted by Gasteiger charge is 2.10. The number of nitrogens with zero attached hydrogens (tertiary/aromatic N) is 1. The largest absolute Gasteiger partial charge is 0.351 e. The summed E-state index contributed by atoms with van der Waals surface area (Å²) < 4.78 is 0. The van der Waals surface area contributed by atoms with Crippen LogP contribution in [-0.4, -0.2) is 44.5 Å². The van der Waals surface area contributed by atoms with Gasteiger partial charge in [-0.05, 0) is 38.7 Å². The van der Waals surface area contributed by atoms with E-state index in [1.165, 1.54) is 0 Å². The normalized spacial score (nSPS) is 9.95. The van der Waals surface area contributed by atoms with Crippen LogP contribution in [-0.2, 0) is 0 Å². The van der Waals surface area contributed by atoms with Gasteiger partial charge in [-0.3, -0.25) is 4.79 Å². The van der Waals surface area contributed by atoms with Crippen molar-refractivity contribution in [1.82, 2.24) is 10.2 Å². The van der Waals surface area contributed by atoms with E-state index in [0.29, 0.717) is 18.7 Å². The summed E-state index contributed by atoms with van der Waals surface area (Å²) in [5.41, 5.74) is 7.78. The molecule has 0 aromatic heterocycles. The minimum atomic E-state index is -0.0595. The first kappa shape index (κ1) is 15.2.